The molecule has 0 bridgehead atoms. The number of Topliss-reactive ketones (excluding diaryl/α,β-unsaturated/α-hetero) is 1. The lowest BCUT2D eigenvalue weighted by atomic mass is 10.0. The van der Waals surface area contributed by atoms with Crippen LogP contribution in [0.1, 0.15) is 17.3 Å². The second kappa shape index (κ2) is 3.27. The van der Waals surface area contributed by atoms with Crippen LogP contribution in [-0.2, 0) is 0 Å². The van der Waals surface area contributed by atoms with Gasteiger partial charge >= 0.3 is 0 Å². The highest BCUT2D eigenvalue weighted by Gasteiger charge is 2.13. The Hall–Kier alpha value is -1.61. The van der Waals surface area contributed by atoms with Gasteiger partial charge in [-0.05, 0) is 19.1 Å². The van der Waals surface area contributed by atoms with E-state index >= 15 is 0 Å². The number of nitrogens with one attached hydrogen (secondary N) is 1. The molecular formula is C11H12N2O. The van der Waals surface area contributed by atoms with Gasteiger partial charge in [-0.3, -0.25) is 4.79 Å². The maximum atomic E-state index is 11.7. The van der Waals surface area contributed by atoms with Gasteiger partial charge in [0.15, 0.2) is 5.78 Å². The van der Waals surface area contributed by atoms with E-state index < -0.39 is 6.04 Å². The second-order valence-corrected chi connectivity index (χ2v) is 3.40. The number of aromatic amines is 1. The van der Waals surface area contributed by atoms with Crippen molar-refractivity contribution in [3.8, 4) is 0 Å². The number of hydrogen-bond donors (Lipinski definition) is 2. The zero-order chi connectivity index (χ0) is 10.1. The van der Waals surface area contributed by atoms with Crippen molar-refractivity contribution in [3.63, 3.8) is 0 Å². The molecule has 3 heteroatoms. The van der Waals surface area contributed by atoms with Crippen LogP contribution in [0.4, 0.5) is 0 Å². The number of benzene rings is 1. The molecule has 0 aliphatic rings. The molecule has 1 heterocycles. The summed E-state index contributed by atoms with van der Waals surface area (Å²) in [5.74, 6) is -0.0296. The third kappa shape index (κ3) is 1.32. The van der Waals surface area contributed by atoms with E-state index in [0.29, 0.717) is 5.56 Å². The van der Waals surface area contributed by atoms with Crippen molar-refractivity contribution in [2.75, 3.05) is 0 Å². The van der Waals surface area contributed by atoms with Gasteiger partial charge in [0.05, 0.1) is 11.6 Å². The molecule has 3 N–H and O–H groups in total. The fourth-order valence-corrected chi connectivity index (χ4v) is 1.54. The van der Waals surface area contributed by atoms with Crippen LogP contribution in [0.25, 0.3) is 10.9 Å². The van der Waals surface area contributed by atoms with Gasteiger partial charge in [0.1, 0.15) is 0 Å². The standard InChI is InChI=1S/C11H12N2O/c1-7(12)11(14)9-4-2-3-8-5-6-13-10(8)9/h2-7,13H,12H2,1H3. The van der Waals surface area contributed by atoms with Crippen molar-refractivity contribution in [2.45, 2.75) is 13.0 Å². The van der Waals surface area contributed by atoms with Gasteiger partial charge in [-0.2, -0.15) is 0 Å². The Morgan fingerprint density at radius 3 is 2.93 bits per heavy atom. The lowest BCUT2D eigenvalue weighted by Crippen LogP contribution is -2.26. The van der Waals surface area contributed by atoms with Crippen LogP contribution in [0.15, 0.2) is 30.5 Å². The predicted octanol–water partition coefficient (Wildman–Crippen LogP) is 1.70. The van der Waals surface area contributed by atoms with Crippen LogP contribution in [0.2, 0.25) is 0 Å². The summed E-state index contributed by atoms with van der Waals surface area (Å²) in [4.78, 5) is 14.8. The number of fused-ring (bicyclic) bond motifs is 1. The molecule has 0 amide bonds. The highest BCUT2D eigenvalue weighted by molar-refractivity contribution is 6.09. The van der Waals surface area contributed by atoms with Crippen LogP contribution in [0.5, 0.6) is 0 Å². The molecule has 0 spiro atoms. The van der Waals surface area contributed by atoms with Gasteiger partial charge in [0.2, 0.25) is 0 Å². The summed E-state index contributed by atoms with van der Waals surface area (Å²) in [5, 5.41) is 1.04. The van der Waals surface area contributed by atoms with Crippen LogP contribution in [0, 0.1) is 0 Å². The molecule has 0 aliphatic heterocycles. The Balaban J connectivity index is 2.62. The first kappa shape index (κ1) is 8.97. The SMILES string of the molecule is CC(N)C(=O)c1cccc2cc[nH]c12. The molecule has 14 heavy (non-hydrogen) atoms. The number of aromatic nitrogens is 1. The Labute approximate surface area is 81.9 Å². The molecule has 0 fully saturated rings. The predicted molar refractivity (Wildman–Crippen MR) is 56.3 cm³/mol. The highest BCUT2D eigenvalue weighted by atomic mass is 16.1. The van der Waals surface area contributed by atoms with Gasteiger partial charge in [-0.1, -0.05) is 12.1 Å². The first-order chi connectivity index (χ1) is 6.70. The summed E-state index contributed by atoms with van der Waals surface area (Å²) in [6.45, 7) is 1.70. The molecule has 1 atom stereocenters. The molecule has 72 valence electrons. The van der Waals surface area contributed by atoms with Crippen molar-refractivity contribution in [1.29, 1.82) is 0 Å². The van der Waals surface area contributed by atoms with Crippen LogP contribution in [-0.4, -0.2) is 16.8 Å². The minimum absolute atomic E-state index is 0.0296. The number of ketones is 1. The van der Waals surface area contributed by atoms with Crippen molar-refractivity contribution < 1.29 is 4.79 Å². The lowest BCUT2D eigenvalue weighted by molar-refractivity contribution is 0.0969. The molecule has 1 unspecified atom stereocenters. The fraction of sp³-hybridized carbons (Fsp3) is 0.182. The number of H-pyrrole nitrogens is 1. The Morgan fingerprint density at radius 2 is 2.21 bits per heavy atom. The Morgan fingerprint density at radius 1 is 1.43 bits per heavy atom. The fourth-order valence-electron chi connectivity index (χ4n) is 1.54. The quantitative estimate of drug-likeness (QED) is 0.705. The van der Waals surface area contributed by atoms with Crippen molar-refractivity contribution in [3.05, 3.63) is 36.0 Å². The average Bonchev–Trinajstić information content (AvgIpc) is 2.63. The molecule has 0 radical (unpaired) electrons. The second-order valence-electron chi connectivity index (χ2n) is 3.40. The zero-order valence-corrected chi connectivity index (χ0v) is 7.95. The van der Waals surface area contributed by atoms with Crippen molar-refractivity contribution in [2.24, 2.45) is 5.73 Å². The summed E-state index contributed by atoms with van der Waals surface area (Å²) in [6.07, 6.45) is 1.82. The highest BCUT2D eigenvalue weighted by Crippen LogP contribution is 2.17. The first-order valence-corrected chi connectivity index (χ1v) is 4.56. The van der Waals surface area contributed by atoms with E-state index in [9.17, 15) is 4.79 Å². The number of para-hydroxylation sites is 1. The summed E-state index contributed by atoms with van der Waals surface area (Å²) in [6, 6.07) is 7.11. The van der Waals surface area contributed by atoms with E-state index in [1.165, 1.54) is 0 Å². The minimum Gasteiger partial charge on any atom is -0.361 e. The molecular weight excluding hydrogens is 176 g/mol. The van der Waals surface area contributed by atoms with Crippen molar-refractivity contribution in [1.82, 2.24) is 4.98 Å². The molecule has 0 aliphatic carbocycles. The van der Waals surface area contributed by atoms with E-state index in [2.05, 4.69) is 4.98 Å². The van der Waals surface area contributed by atoms with Crippen LogP contribution < -0.4 is 5.73 Å². The summed E-state index contributed by atoms with van der Waals surface area (Å²) < 4.78 is 0. The number of carbonyl (C=O) groups is 1. The van der Waals surface area contributed by atoms with Gasteiger partial charge < -0.3 is 10.7 Å². The topological polar surface area (TPSA) is 58.9 Å². The van der Waals surface area contributed by atoms with E-state index in [1.807, 2.05) is 24.4 Å². The van der Waals surface area contributed by atoms with E-state index in [1.54, 1.807) is 13.0 Å². The van der Waals surface area contributed by atoms with Gasteiger partial charge in [-0.25, -0.2) is 0 Å². The first-order valence-electron chi connectivity index (χ1n) is 4.56. The molecule has 0 saturated carbocycles. The number of carbonyl (C=O) groups excluding carboxylic acids is 1. The Kier molecular flexibility index (Phi) is 2.09. The largest absolute Gasteiger partial charge is 0.361 e. The minimum atomic E-state index is -0.455. The monoisotopic (exact) mass is 188 g/mol. The summed E-state index contributed by atoms with van der Waals surface area (Å²) in [5.41, 5.74) is 7.10. The third-order valence-electron chi connectivity index (χ3n) is 2.27. The normalized spacial score (nSPS) is 13.0. The molecule has 2 aromatic rings. The van der Waals surface area contributed by atoms with Crippen LogP contribution >= 0.6 is 0 Å². The van der Waals surface area contributed by atoms with Gasteiger partial charge in [0, 0.05) is 17.1 Å². The van der Waals surface area contributed by atoms with Crippen LogP contribution in [0.3, 0.4) is 0 Å². The number of hydrogen-bond acceptors (Lipinski definition) is 2. The van der Waals surface area contributed by atoms with Gasteiger partial charge in [-0.15, -0.1) is 0 Å². The molecule has 1 aromatic heterocycles. The molecule has 3 nitrogen and oxygen atoms in total. The molecule has 2 rings (SSSR count). The summed E-state index contributed by atoms with van der Waals surface area (Å²) in [7, 11) is 0. The maximum absolute atomic E-state index is 11.7. The van der Waals surface area contributed by atoms with Gasteiger partial charge in [0.25, 0.3) is 0 Å². The van der Waals surface area contributed by atoms with E-state index in [0.717, 1.165) is 10.9 Å². The smallest absolute Gasteiger partial charge is 0.181 e. The number of nitrogens with two attached hydrogens (primary N) is 1. The maximum Gasteiger partial charge on any atom is 0.181 e. The Bertz CT molecular complexity index is 471. The molecule has 1 aromatic carbocycles. The lowest BCUT2D eigenvalue weighted by Gasteiger charge is -2.05. The average molecular weight is 188 g/mol. The van der Waals surface area contributed by atoms with E-state index in [-0.39, 0.29) is 5.78 Å². The zero-order valence-electron chi connectivity index (χ0n) is 7.95. The van der Waals surface area contributed by atoms with E-state index in [4.69, 9.17) is 5.73 Å². The molecule has 0 saturated heterocycles. The summed E-state index contributed by atoms with van der Waals surface area (Å²) >= 11 is 0. The third-order valence-corrected chi connectivity index (χ3v) is 2.27. The van der Waals surface area contributed by atoms with Crippen molar-refractivity contribution >= 4 is 16.7 Å². The number of rotatable bonds is 2.